The number of amides is 1. The summed E-state index contributed by atoms with van der Waals surface area (Å²) in [7, 11) is 0. The molecule has 0 aliphatic carbocycles. The van der Waals surface area contributed by atoms with E-state index in [1.165, 1.54) is 16.9 Å². The van der Waals surface area contributed by atoms with Crippen LogP contribution in [0.3, 0.4) is 0 Å². The summed E-state index contributed by atoms with van der Waals surface area (Å²) in [5.74, 6) is 0.0567. The Morgan fingerprint density at radius 1 is 1.29 bits per heavy atom. The van der Waals surface area contributed by atoms with Crippen LogP contribution >= 0.6 is 0 Å². The van der Waals surface area contributed by atoms with Crippen LogP contribution in [0, 0.1) is 11.7 Å². The molecular formula is C14H16FN5O. The first-order valence-corrected chi connectivity index (χ1v) is 7.04. The minimum atomic E-state index is -0.304. The number of carbonyl (C=O) groups excluding carboxylic acids is 1. The largest absolute Gasteiger partial charge is 0.356 e. The van der Waals surface area contributed by atoms with Crippen molar-refractivity contribution in [3.63, 3.8) is 0 Å². The number of aromatic nitrogens is 4. The van der Waals surface area contributed by atoms with E-state index in [1.54, 1.807) is 12.1 Å². The molecule has 1 aliphatic heterocycles. The maximum Gasteiger partial charge on any atom is 0.225 e. The van der Waals surface area contributed by atoms with Gasteiger partial charge in [0.25, 0.3) is 0 Å². The van der Waals surface area contributed by atoms with Crippen LogP contribution < -0.4 is 5.32 Å². The van der Waals surface area contributed by atoms with Crippen LogP contribution in [0.25, 0.3) is 11.4 Å². The predicted molar refractivity (Wildman–Crippen MR) is 73.6 cm³/mol. The summed E-state index contributed by atoms with van der Waals surface area (Å²) in [6.45, 7) is 1.15. The van der Waals surface area contributed by atoms with Gasteiger partial charge in [-0.15, -0.1) is 10.2 Å². The fourth-order valence-electron chi connectivity index (χ4n) is 2.41. The van der Waals surface area contributed by atoms with Gasteiger partial charge in [0.1, 0.15) is 5.82 Å². The van der Waals surface area contributed by atoms with Crippen LogP contribution in [0.2, 0.25) is 0 Å². The topological polar surface area (TPSA) is 72.7 Å². The molecule has 1 saturated heterocycles. The van der Waals surface area contributed by atoms with Crippen molar-refractivity contribution >= 4 is 5.91 Å². The molecule has 0 spiro atoms. The molecule has 0 saturated carbocycles. The summed E-state index contributed by atoms with van der Waals surface area (Å²) >= 11 is 0. The van der Waals surface area contributed by atoms with Crippen molar-refractivity contribution in [2.24, 2.45) is 5.92 Å². The molecule has 110 valence electrons. The van der Waals surface area contributed by atoms with E-state index >= 15 is 0 Å². The van der Waals surface area contributed by atoms with Crippen molar-refractivity contribution in [2.45, 2.75) is 25.8 Å². The van der Waals surface area contributed by atoms with Crippen LogP contribution in [0.4, 0.5) is 4.39 Å². The molecule has 1 aromatic heterocycles. The third kappa shape index (κ3) is 3.24. The van der Waals surface area contributed by atoms with Crippen molar-refractivity contribution in [1.82, 2.24) is 25.5 Å². The van der Waals surface area contributed by atoms with Crippen LogP contribution in [0.15, 0.2) is 24.3 Å². The van der Waals surface area contributed by atoms with Gasteiger partial charge < -0.3 is 5.32 Å². The minimum Gasteiger partial charge on any atom is -0.356 e. The zero-order chi connectivity index (χ0) is 14.7. The molecule has 1 unspecified atom stereocenters. The van der Waals surface area contributed by atoms with Crippen LogP contribution in [-0.2, 0) is 11.3 Å². The minimum absolute atomic E-state index is 0.0492. The van der Waals surface area contributed by atoms with E-state index in [0.717, 1.165) is 25.8 Å². The van der Waals surface area contributed by atoms with Gasteiger partial charge in [0.15, 0.2) is 0 Å². The lowest BCUT2D eigenvalue weighted by Crippen LogP contribution is -2.31. The van der Waals surface area contributed by atoms with Gasteiger partial charge in [-0.05, 0) is 42.3 Å². The molecule has 0 bridgehead atoms. The van der Waals surface area contributed by atoms with Gasteiger partial charge in [0.2, 0.25) is 11.7 Å². The normalized spacial score (nSPS) is 19.1. The number of hydrogen-bond acceptors (Lipinski definition) is 4. The molecule has 7 heteroatoms. The average molecular weight is 289 g/mol. The van der Waals surface area contributed by atoms with Crippen molar-refractivity contribution < 1.29 is 9.18 Å². The maximum absolute atomic E-state index is 12.9. The zero-order valence-electron chi connectivity index (χ0n) is 11.5. The molecule has 6 nitrogen and oxygen atoms in total. The SMILES string of the molecule is O=C1NCCCCC1Cn1nnc(-c2ccc(F)cc2)n1. The molecule has 1 N–H and O–H groups in total. The second-order valence-electron chi connectivity index (χ2n) is 5.16. The van der Waals surface area contributed by atoms with Crippen molar-refractivity contribution in [3.8, 4) is 11.4 Å². The Morgan fingerprint density at radius 2 is 2.10 bits per heavy atom. The molecule has 2 heterocycles. The third-order valence-electron chi connectivity index (χ3n) is 3.59. The van der Waals surface area contributed by atoms with E-state index in [4.69, 9.17) is 0 Å². The molecule has 1 aliphatic rings. The Labute approximate surface area is 121 Å². The Bertz CT molecular complexity index is 625. The second-order valence-corrected chi connectivity index (χ2v) is 5.16. The summed E-state index contributed by atoms with van der Waals surface area (Å²) in [6, 6.07) is 5.92. The monoisotopic (exact) mass is 289 g/mol. The molecule has 2 aromatic rings. The molecule has 1 aromatic carbocycles. The zero-order valence-corrected chi connectivity index (χ0v) is 11.5. The predicted octanol–water partition coefficient (Wildman–Crippen LogP) is 1.40. The van der Waals surface area contributed by atoms with Gasteiger partial charge >= 0.3 is 0 Å². The average Bonchev–Trinajstić information content (AvgIpc) is 2.85. The highest BCUT2D eigenvalue weighted by Gasteiger charge is 2.22. The van der Waals surface area contributed by atoms with Gasteiger partial charge in [-0.1, -0.05) is 6.42 Å². The Morgan fingerprint density at radius 3 is 2.90 bits per heavy atom. The number of hydrogen-bond donors (Lipinski definition) is 1. The number of rotatable bonds is 3. The second kappa shape index (κ2) is 5.99. The van der Waals surface area contributed by atoms with E-state index < -0.39 is 0 Å². The van der Waals surface area contributed by atoms with E-state index in [-0.39, 0.29) is 17.6 Å². The summed E-state index contributed by atoms with van der Waals surface area (Å²) in [5.41, 5.74) is 0.702. The first-order chi connectivity index (χ1) is 10.2. The molecular weight excluding hydrogens is 273 g/mol. The number of nitrogens with zero attached hydrogens (tertiary/aromatic N) is 4. The Hall–Kier alpha value is -2.31. The number of carbonyl (C=O) groups is 1. The quantitative estimate of drug-likeness (QED) is 0.927. The highest BCUT2D eigenvalue weighted by molar-refractivity contribution is 5.78. The van der Waals surface area contributed by atoms with Gasteiger partial charge in [0, 0.05) is 12.1 Å². The molecule has 1 fully saturated rings. The van der Waals surface area contributed by atoms with Gasteiger partial charge in [-0.3, -0.25) is 4.79 Å². The lowest BCUT2D eigenvalue weighted by Gasteiger charge is -2.11. The standard InChI is InChI=1S/C14H16FN5O/c15-12-6-4-10(5-7-12)13-17-19-20(18-13)9-11-3-1-2-8-16-14(11)21/h4-7,11H,1-3,8-9H2,(H,16,21). The summed E-state index contributed by atoms with van der Waals surface area (Å²) in [6.07, 6.45) is 2.86. The first kappa shape index (κ1) is 13.7. The Balaban J connectivity index is 1.72. The van der Waals surface area contributed by atoms with E-state index in [9.17, 15) is 9.18 Å². The third-order valence-corrected chi connectivity index (χ3v) is 3.59. The van der Waals surface area contributed by atoms with Gasteiger partial charge in [0.05, 0.1) is 12.5 Å². The van der Waals surface area contributed by atoms with Crippen molar-refractivity contribution in [1.29, 1.82) is 0 Å². The molecule has 3 rings (SSSR count). The first-order valence-electron chi connectivity index (χ1n) is 7.04. The van der Waals surface area contributed by atoms with E-state index in [0.29, 0.717) is 17.9 Å². The highest BCUT2D eigenvalue weighted by Crippen LogP contribution is 2.16. The van der Waals surface area contributed by atoms with Crippen molar-refractivity contribution in [3.05, 3.63) is 30.1 Å². The number of tetrazole rings is 1. The van der Waals surface area contributed by atoms with E-state index in [2.05, 4.69) is 20.7 Å². The summed E-state index contributed by atoms with van der Waals surface area (Å²) < 4.78 is 12.9. The fraction of sp³-hybridized carbons (Fsp3) is 0.429. The molecule has 0 radical (unpaired) electrons. The molecule has 1 amide bonds. The van der Waals surface area contributed by atoms with Crippen LogP contribution in [0.1, 0.15) is 19.3 Å². The number of benzene rings is 1. The summed E-state index contributed by atoms with van der Waals surface area (Å²) in [5, 5.41) is 15.1. The summed E-state index contributed by atoms with van der Waals surface area (Å²) in [4.78, 5) is 13.3. The van der Waals surface area contributed by atoms with Gasteiger partial charge in [-0.2, -0.15) is 4.80 Å². The van der Waals surface area contributed by atoms with E-state index in [1.807, 2.05) is 0 Å². The number of halogens is 1. The van der Waals surface area contributed by atoms with Crippen molar-refractivity contribution in [2.75, 3.05) is 6.54 Å². The lowest BCUT2D eigenvalue weighted by atomic mass is 10.0. The molecule has 21 heavy (non-hydrogen) atoms. The highest BCUT2D eigenvalue weighted by atomic mass is 19.1. The fourth-order valence-corrected chi connectivity index (χ4v) is 2.41. The smallest absolute Gasteiger partial charge is 0.225 e. The van der Waals surface area contributed by atoms with Crippen LogP contribution in [-0.4, -0.2) is 32.7 Å². The maximum atomic E-state index is 12.9. The lowest BCUT2D eigenvalue weighted by molar-refractivity contribution is -0.125. The molecule has 1 atom stereocenters. The Kier molecular flexibility index (Phi) is 3.89. The van der Waals surface area contributed by atoms with Crippen LogP contribution in [0.5, 0.6) is 0 Å². The van der Waals surface area contributed by atoms with Gasteiger partial charge in [-0.25, -0.2) is 4.39 Å². The number of nitrogens with one attached hydrogen (secondary N) is 1.